The van der Waals surface area contributed by atoms with Gasteiger partial charge in [0.2, 0.25) is 0 Å². The van der Waals surface area contributed by atoms with Crippen LogP contribution in [0.4, 0.5) is 23.7 Å². The lowest BCUT2D eigenvalue weighted by Gasteiger charge is -2.07. The maximum absolute atomic E-state index is 12.5. The smallest absolute Gasteiger partial charge is 0.351 e. The number of hydrogen-bond donors (Lipinski definition) is 1. The van der Waals surface area contributed by atoms with E-state index in [1.54, 1.807) is 0 Å². The summed E-state index contributed by atoms with van der Waals surface area (Å²) in [6.45, 7) is 0. The Labute approximate surface area is 98.0 Å². The standard InChI is InChI=1S/C10H6F3N3O2/c11-10(12,13)5-1-2-6-7(15-18)4-16(9(14)17)8(6)3-5/h1-4H,(H2,14,17). The fourth-order valence-electron chi connectivity index (χ4n) is 1.64. The Bertz CT molecular complexity index is 646. The third-order valence-electron chi connectivity index (χ3n) is 2.45. The van der Waals surface area contributed by atoms with Crippen LogP contribution in [-0.4, -0.2) is 10.6 Å². The molecule has 1 amide bonds. The van der Waals surface area contributed by atoms with Crippen LogP contribution in [0.3, 0.4) is 0 Å². The highest BCUT2D eigenvalue weighted by molar-refractivity contribution is 5.98. The molecule has 0 spiro atoms. The first-order chi connectivity index (χ1) is 8.34. The predicted octanol–water partition coefficient (Wildman–Crippen LogP) is 2.98. The van der Waals surface area contributed by atoms with Gasteiger partial charge in [0.05, 0.1) is 11.1 Å². The minimum Gasteiger partial charge on any atom is -0.351 e. The number of hydrogen-bond acceptors (Lipinski definition) is 3. The summed E-state index contributed by atoms with van der Waals surface area (Å²) in [5.74, 6) is 0. The molecule has 0 atom stereocenters. The Morgan fingerprint density at radius 1 is 1.33 bits per heavy atom. The molecule has 0 aliphatic heterocycles. The lowest BCUT2D eigenvalue weighted by atomic mass is 10.1. The summed E-state index contributed by atoms with van der Waals surface area (Å²) in [4.78, 5) is 21.6. The summed E-state index contributed by atoms with van der Waals surface area (Å²) >= 11 is 0. The number of nitrogens with two attached hydrogens (primary N) is 1. The molecule has 2 N–H and O–H groups in total. The number of carbonyl (C=O) groups is 1. The molecule has 0 radical (unpaired) electrons. The fourth-order valence-corrected chi connectivity index (χ4v) is 1.64. The van der Waals surface area contributed by atoms with E-state index in [9.17, 15) is 22.9 Å². The van der Waals surface area contributed by atoms with Crippen LogP contribution in [0.1, 0.15) is 5.56 Å². The molecule has 0 saturated carbocycles. The fraction of sp³-hybridized carbons (Fsp3) is 0.100. The summed E-state index contributed by atoms with van der Waals surface area (Å²) in [5, 5.41) is 2.77. The van der Waals surface area contributed by atoms with Gasteiger partial charge < -0.3 is 5.73 Å². The van der Waals surface area contributed by atoms with Crippen molar-refractivity contribution in [2.45, 2.75) is 6.18 Å². The van der Waals surface area contributed by atoms with Gasteiger partial charge in [-0.05, 0) is 23.4 Å². The molecular formula is C10H6F3N3O2. The molecule has 1 heterocycles. The molecule has 8 heteroatoms. The summed E-state index contributed by atoms with van der Waals surface area (Å²) in [6, 6.07) is 1.64. The number of nitroso groups, excluding NO2 is 1. The molecule has 0 fully saturated rings. The average molecular weight is 257 g/mol. The number of rotatable bonds is 1. The maximum Gasteiger partial charge on any atom is 0.416 e. The molecule has 1 aromatic carbocycles. The van der Waals surface area contributed by atoms with Crippen LogP contribution in [-0.2, 0) is 6.18 Å². The van der Waals surface area contributed by atoms with Crippen molar-refractivity contribution in [3.8, 4) is 0 Å². The van der Waals surface area contributed by atoms with Crippen LogP contribution in [0.15, 0.2) is 29.6 Å². The number of primary amides is 1. The number of fused-ring (bicyclic) bond motifs is 1. The van der Waals surface area contributed by atoms with Gasteiger partial charge in [-0.2, -0.15) is 13.2 Å². The minimum absolute atomic E-state index is 0.105. The lowest BCUT2D eigenvalue weighted by molar-refractivity contribution is -0.137. The lowest BCUT2D eigenvalue weighted by Crippen LogP contribution is -2.18. The van der Waals surface area contributed by atoms with Crippen molar-refractivity contribution < 1.29 is 18.0 Å². The Balaban J connectivity index is 2.79. The summed E-state index contributed by atoms with van der Waals surface area (Å²) < 4.78 is 38.3. The number of amides is 1. The van der Waals surface area contributed by atoms with Gasteiger partial charge in [-0.1, -0.05) is 0 Å². The van der Waals surface area contributed by atoms with Crippen molar-refractivity contribution in [3.05, 3.63) is 34.9 Å². The largest absolute Gasteiger partial charge is 0.416 e. The number of halogens is 3. The summed E-state index contributed by atoms with van der Waals surface area (Å²) in [7, 11) is 0. The Kier molecular flexibility index (Phi) is 2.57. The Morgan fingerprint density at radius 3 is 2.50 bits per heavy atom. The van der Waals surface area contributed by atoms with Crippen LogP contribution >= 0.6 is 0 Å². The normalized spacial score (nSPS) is 11.7. The third-order valence-corrected chi connectivity index (χ3v) is 2.45. The van der Waals surface area contributed by atoms with Crippen molar-refractivity contribution in [2.75, 3.05) is 0 Å². The average Bonchev–Trinajstić information content (AvgIpc) is 2.65. The zero-order valence-electron chi connectivity index (χ0n) is 8.73. The first kappa shape index (κ1) is 12.1. The minimum atomic E-state index is -4.55. The molecule has 1 aromatic heterocycles. The summed E-state index contributed by atoms with van der Waals surface area (Å²) in [5.41, 5.74) is 3.82. The van der Waals surface area contributed by atoms with E-state index >= 15 is 0 Å². The molecule has 94 valence electrons. The number of aromatic nitrogens is 1. The maximum atomic E-state index is 12.5. The summed E-state index contributed by atoms with van der Waals surface area (Å²) in [6.07, 6.45) is -3.55. The Morgan fingerprint density at radius 2 is 2.00 bits per heavy atom. The van der Waals surface area contributed by atoms with E-state index in [0.717, 1.165) is 29.0 Å². The first-order valence-corrected chi connectivity index (χ1v) is 4.70. The number of carbonyl (C=O) groups excluding carboxylic acids is 1. The van der Waals surface area contributed by atoms with E-state index < -0.39 is 17.8 Å². The van der Waals surface area contributed by atoms with Gasteiger partial charge in [0.1, 0.15) is 5.69 Å². The van der Waals surface area contributed by atoms with E-state index in [1.165, 1.54) is 0 Å². The second-order valence-electron chi connectivity index (χ2n) is 3.54. The topological polar surface area (TPSA) is 77.5 Å². The van der Waals surface area contributed by atoms with E-state index in [0.29, 0.717) is 0 Å². The van der Waals surface area contributed by atoms with Crippen molar-refractivity contribution in [3.63, 3.8) is 0 Å². The number of nitrogens with zero attached hydrogens (tertiary/aromatic N) is 2. The molecule has 2 aromatic rings. The highest BCUT2D eigenvalue weighted by Gasteiger charge is 2.31. The highest BCUT2D eigenvalue weighted by Crippen LogP contribution is 2.35. The van der Waals surface area contributed by atoms with Gasteiger partial charge in [-0.3, -0.25) is 4.57 Å². The highest BCUT2D eigenvalue weighted by atomic mass is 19.4. The number of benzene rings is 1. The zero-order chi connectivity index (χ0) is 13.5. The first-order valence-electron chi connectivity index (χ1n) is 4.70. The van der Waals surface area contributed by atoms with E-state index in [4.69, 9.17) is 5.73 Å². The van der Waals surface area contributed by atoms with Gasteiger partial charge in [-0.25, -0.2) is 4.79 Å². The van der Waals surface area contributed by atoms with Gasteiger partial charge in [0, 0.05) is 11.6 Å². The zero-order valence-corrected chi connectivity index (χ0v) is 8.73. The van der Waals surface area contributed by atoms with Gasteiger partial charge in [-0.15, -0.1) is 4.91 Å². The second kappa shape index (κ2) is 3.83. The molecule has 18 heavy (non-hydrogen) atoms. The van der Waals surface area contributed by atoms with E-state index in [1.807, 2.05) is 0 Å². The van der Waals surface area contributed by atoms with Crippen molar-refractivity contribution >= 4 is 22.6 Å². The van der Waals surface area contributed by atoms with Crippen LogP contribution in [0.2, 0.25) is 0 Å². The van der Waals surface area contributed by atoms with Gasteiger partial charge in [0.25, 0.3) is 0 Å². The molecule has 2 rings (SSSR count). The van der Waals surface area contributed by atoms with Crippen molar-refractivity contribution in [1.29, 1.82) is 0 Å². The molecule has 5 nitrogen and oxygen atoms in total. The molecule has 0 aliphatic carbocycles. The predicted molar refractivity (Wildman–Crippen MR) is 57.4 cm³/mol. The monoisotopic (exact) mass is 257 g/mol. The van der Waals surface area contributed by atoms with E-state index in [2.05, 4.69) is 5.18 Å². The molecule has 0 aliphatic rings. The molecule has 0 saturated heterocycles. The van der Waals surface area contributed by atoms with Gasteiger partial charge in [0.15, 0.2) is 0 Å². The molecular weight excluding hydrogens is 251 g/mol. The third kappa shape index (κ3) is 1.81. The quantitative estimate of drug-likeness (QED) is 0.797. The van der Waals surface area contributed by atoms with E-state index in [-0.39, 0.29) is 16.6 Å². The molecule has 0 unspecified atom stereocenters. The van der Waals surface area contributed by atoms with Crippen LogP contribution in [0.25, 0.3) is 10.9 Å². The Hall–Kier alpha value is -2.38. The number of alkyl halides is 3. The van der Waals surface area contributed by atoms with Gasteiger partial charge >= 0.3 is 12.2 Å². The second-order valence-corrected chi connectivity index (χ2v) is 3.54. The molecule has 0 bridgehead atoms. The van der Waals surface area contributed by atoms with Crippen LogP contribution in [0, 0.1) is 4.91 Å². The van der Waals surface area contributed by atoms with Crippen LogP contribution < -0.4 is 5.73 Å². The van der Waals surface area contributed by atoms with Crippen molar-refractivity contribution in [2.24, 2.45) is 10.9 Å². The van der Waals surface area contributed by atoms with Crippen molar-refractivity contribution in [1.82, 2.24) is 4.57 Å². The van der Waals surface area contributed by atoms with Crippen LogP contribution in [0.5, 0.6) is 0 Å². The SMILES string of the molecule is NC(=O)n1cc(N=O)c2ccc(C(F)(F)F)cc21.